The highest BCUT2D eigenvalue weighted by atomic mass is 32.1. The van der Waals surface area contributed by atoms with Gasteiger partial charge in [-0.1, -0.05) is 37.3 Å². The zero-order chi connectivity index (χ0) is 12.1. The Morgan fingerprint density at radius 2 is 2.12 bits per heavy atom. The summed E-state index contributed by atoms with van der Waals surface area (Å²) in [6.45, 7) is 2.73. The van der Waals surface area contributed by atoms with E-state index < -0.39 is 0 Å². The first-order valence-corrected chi connectivity index (χ1v) is 6.48. The molecule has 0 aliphatic rings. The van der Waals surface area contributed by atoms with Crippen molar-refractivity contribution in [3.05, 3.63) is 40.7 Å². The standard InChI is InChI=1S/C13H14N2OS/c1-2-8-14-13(16)12-11(15-9-17-12)10-6-4-3-5-7-10/h3-7,9H,2,8H2,1H3,(H,14,16). The third-order valence-electron chi connectivity index (χ3n) is 2.36. The van der Waals surface area contributed by atoms with E-state index in [2.05, 4.69) is 10.3 Å². The summed E-state index contributed by atoms with van der Waals surface area (Å²) in [6.07, 6.45) is 0.936. The zero-order valence-corrected chi connectivity index (χ0v) is 10.5. The molecule has 1 aromatic carbocycles. The maximum atomic E-state index is 11.9. The van der Waals surface area contributed by atoms with Crippen LogP contribution in [-0.4, -0.2) is 17.4 Å². The van der Waals surface area contributed by atoms with E-state index in [0.717, 1.165) is 17.7 Å². The van der Waals surface area contributed by atoms with Gasteiger partial charge in [0.2, 0.25) is 0 Å². The Morgan fingerprint density at radius 3 is 2.82 bits per heavy atom. The highest BCUT2D eigenvalue weighted by Gasteiger charge is 2.15. The number of aromatic nitrogens is 1. The molecule has 1 N–H and O–H groups in total. The maximum absolute atomic E-state index is 11.9. The lowest BCUT2D eigenvalue weighted by Crippen LogP contribution is -2.23. The van der Waals surface area contributed by atoms with Crippen LogP contribution in [0, 0.1) is 0 Å². The summed E-state index contributed by atoms with van der Waals surface area (Å²) in [7, 11) is 0. The number of carbonyl (C=O) groups excluding carboxylic acids is 1. The third kappa shape index (κ3) is 2.71. The molecule has 0 fully saturated rings. The number of carbonyl (C=O) groups is 1. The number of nitrogens with one attached hydrogen (secondary N) is 1. The topological polar surface area (TPSA) is 42.0 Å². The smallest absolute Gasteiger partial charge is 0.263 e. The first-order chi connectivity index (χ1) is 8.33. The van der Waals surface area contributed by atoms with Crippen molar-refractivity contribution in [1.29, 1.82) is 0 Å². The molecule has 0 saturated heterocycles. The number of amides is 1. The van der Waals surface area contributed by atoms with E-state index in [1.807, 2.05) is 37.3 Å². The summed E-state index contributed by atoms with van der Waals surface area (Å²) >= 11 is 1.38. The Bertz CT molecular complexity index is 493. The Labute approximate surface area is 105 Å². The van der Waals surface area contributed by atoms with Gasteiger partial charge in [0.1, 0.15) is 4.88 Å². The van der Waals surface area contributed by atoms with Crippen LogP contribution in [-0.2, 0) is 0 Å². The highest BCUT2D eigenvalue weighted by molar-refractivity contribution is 7.12. The summed E-state index contributed by atoms with van der Waals surface area (Å²) in [5.74, 6) is -0.0341. The molecule has 0 unspecified atom stereocenters. The van der Waals surface area contributed by atoms with Crippen molar-refractivity contribution in [1.82, 2.24) is 10.3 Å². The molecule has 17 heavy (non-hydrogen) atoms. The summed E-state index contributed by atoms with van der Waals surface area (Å²) in [6, 6.07) is 9.77. The fourth-order valence-corrected chi connectivity index (χ4v) is 2.25. The van der Waals surface area contributed by atoms with Crippen molar-refractivity contribution in [3.8, 4) is 11.3 Å². The Kier molecular flexibility index (Phi) is 3.88. The van der Waals surface area contributed by atoms with Crippen LogP contribution >= 0.6 is 11.3 Å². The van der Waals surface area contributed by atoms with Crippen LogP contribution in [0.2, 0.25) is 0 Å². The van der Waals surface area contributed by atoms with Crippen LogP contribution in [0.3, 0.4) is 0 Å². The van der Waals surface area contributed by atoms with Crippen molar-refractivity contribution in [2.75, 3.05) is 6.54 Å². The van der Waals surface area contributed by atoms with Crippen molar-refractivity contribution in [2.24, 2.45) is 0 Å². The van der Waals surface area contributed by atoms with Crippen LogP contribution in [0.15, 0.2) is 35.8 Å². The van der Waals surface area contributed by atoms with Gasteiger partial charge in [-0.3, -0.25) is 4.79 Å². The fourth-order valence-electron chi connectivity index (χ4n) is 1.53. The normalized spacial score (nSPS) is 10.2. The lowest BCUT2D eigenvalue weighted by atomic mass is 10.1. The van der Waals surface area contributed by atoms with E-state index in [0.29, 0.717) is 11.4 Å². The number of hydrogen-bond acceptors (Lipinski definition) is 3. The minimum atomic E-state index is -0.0341. The van der Waals surface area contributed by atoms with Gasteiger partial charge in [0.25, 0.3) is 5.91 Å². The predicted octanol–water partition coefficient (Wildman–Crippen LogP) is 2.95. The van der Waals surface area contributed by atoms with Gasteiger partial charge >= 0.3 is 0 Å². The van der Waals surface area contributed by atoms with Crippen LogP contribution in [0.4, 0.5) is 0 Å². The molecule has 1 aromatic heterocycles. The number of thiazole rings is 1. The quantitative estimate of drug-likeness (QED) is 0.901. The maximum Gasteiger partial charge on any atom is 0.263 e. The van der Waals surface area contributed by atoms with Gasteiger partial charge in [-0.15, -0.1) is 11.3 Å². The van der Waals surface area contributed by atoms with Gasteiger partial charge in [-0.25, -0.2) is 4.98 Å². The number of rotatable bonds is 4. The van der Waals surface area contributed by atoms with Crippen LogP contribution in [0.1, 0.15) is 23.0 Å². The van der Waals surface area contributed by atoms with E-state index in [1.54, 1.807) is 5.51 Å². The molecule has 0 aliphatic carbocycles. The molecule has 2 rings (SSSR count). The molecule has 2 aromatic rings. The second-order valence-electron chi connectivity index (χ2n) is 3.65. The molecule has 0 spiro atoms. The summed E-state index contributed by atoms with van der Waals surface area (Å²) < 4.78 is 0. The van der Waals surface area contributed by atoms with E-state index in [4.69, 9.17) is 0 Å². The van der Waals surface area contributed by atoms with Crippen molar-refractivity contribution in [2.45, 2.75) is 13.3 Å². The lowest BCUT2D eigenvalue weighted by molar-refractivity contribution is 0.0958. The van der Waals surface area contributed by atoms with E-state index in [9.17, 15) is 4.79 Å². The summed E-state index contributed by atoms with van der Waals surface area (Å²) in [4.78, 5) is 16.9. The lowest BCUT2D eigenvalue weighted by Gasteiger charge is -2.03. The van der Waals surface area contributed by atoms with Gasteiger partial charge in [0.05, 0.1) is 11.2 Å². The van der Waals surface area contributed by atoms with Crippen molar-refractivity contribution in [3.63, 3.8) is 0 Å². The molecular weight excluding hydrogens is 232 g/mol. The van der Waals surface area contributed by atoms with Crippen molar-refractivity contribution < 1.29 is 4.79 Å². The predicted molar refractivity (Wildman–Crippen MR) is 70.2 cm³/mol. The highest BCUT2D eigenvalue weighted by Crippen LogP contribution is 2.24. The molecule has 0 atom stereocenters. The van der Waals surface area contributed by atoms with Crippen LogP contribution < -0.4 is 5.32 Å². The molecule has 1 heterocycles. The number of benzene rings is 1. The second kappa shape index (κ2) is 5.59. The minimum Gasteiger partial charge on any atom is -0.351 e. The first kappa shape index (κ1) is 11.8. The zero-order valence-electron chi connectivity index (χ0n) is 9.64. The molecule has 3 nitrogen and oxygen atoms in total. The molecule has 0 aliphatic heterocycles. The second-order valence-corrected chi connectivity index (χ2v) is 4.51. The van der Waals surface area contributed by atoms with Crippen LogP contribution in [0.5, 0.6) is 0 Å². The molecule has 0 bridgehead atoms. The van der Waals surface area contributed by atoms with Crippen LogP contribution in [0.25, 0.3) is 11.3 Å². The molecular formula is C13H14N2OS. The van der Waals surface area contributed by atoms with Gasteiger partial charge in [0.15, 0.2) is 0 Å². The molecule has 1 amide bonds. The molecule has 88 valence electrons. The fraction of sp³-hybridized carbons (Fsp3) is 0.231. The van der Waals surface area contributed by atoms with Gasteiger partial charge in [-0.05, 0) is 6.42 Å². The van der Waals surface area contributed by atoms with E-state index >= 15 is 0 Å². The number of nitrogens with zero attached hydrogens (tertiary/aromatic N) is 1. The molecule has 0 saturated carbocycles. The number of hydrogen-bond donors (Lipinski definition) is 1. The average Bonchev–Trinajstić information content (AvgIpc) is 2.86. The van der Waals surface area contributed by atoms with Gasteiger partial charge < -0.3 is 5.32 Å². The Hall–Kier alpha value is -1.68. The largest absolute Gasteiger partial charge is 0.351 e. The van der Waals surface area contributed by atoms with Gasteiger partial charge in [0, 0.05) is 12.1 Å². The monoisotopic (exact) mass is 246 g/mol. The minimum absolute atomic E-state index is 0.0341. The third-order valence-corrected chi connectivity index (χ3v) is 3.18. The summed E-state index contributed by atoms with van der Waals surface area (Å²) in [5.41, 5.74) is 3.46. The molecule has 4 heteroatoms. The van der Waals surface area contributed by atoms with E-state index in [-0.39, 0.29) is 5.91 Å². The van der Waals surface area contributed by atoms with Crippen molar-refractivity contribution >= 4 is 17.2 Å². The Morgan fingerprint density at radius 1 is 1.35 bits per heavy atom. The average molecular weight is 246 g/mol. The van der Waals surface area contributed by atoms with E-state index in [1.165, 1.54) is 11.3 Å². The SMILES string of the molecule is CCCNC(=O)c1scnc1-c1ccccc1. The first-order valence-electron chi connectivity index (χ1n) is 5.60. The van der Waals surface area contributed by atoms with Gasteiger partial charge in [-0.2, -0.15) is 0 Å². The Balaban J connectivity index is 2.26. The summed E-state index contributed by atoms with van der Waals surface area (Å²) in [5, 5.41) is 2.88. The molecule has 0 radical (unpaired) electrons.